The van der Waals surface area contributed by atoms with Crippen LogP contribution in [0.3, 0.4) is 0 Å². The van der Waals surface area contributed by atoms with E-state index < -0.39 is 11.5 Å². The number of para-hydroxylation sites is 1. The van der Waals surface area contributed by atoms with Gasteiger partial charge >= 0.3 is 12.0 Å². The van der Waals surface area contributed by atoms with Gasteiger partial charge in [0.05, 0.1) is 13.5 Å². The molecule has 0 saturated carbocycles. The number of carboxylic acid groups (broad SMARTS) is 1. The smallest absolute Gasteiger partial charge is 0.315 e. The standard InChI is InChI=1S/C15H22N2O4/c1-15(2,10-13(18)19)17-14(20)16-9-8-11-6-4-5-7-12(11)21-3/h4-7H,8-10H2,1-3H3,(H,18,19)(H2,16,17,20). The van der Waals surface area contributed by atoms with E-state index in [1.54, 1.807) is 21.0 Å². The first-order chi connectivity index (χ1) is 9.84. The predicted molar refractivity (Wildman–Crippen MR) is 79.6 cm³/mol. The van der Waals surface area contributed by atoms with Crippen LogP contribution in [0, 0.1) is 0 Å². The van der Waals surface area contributed by atoms with Crippen molar-refractivity contribution in [2.24, 2.45) is 0 Å². The average Bonchev–Trinajstić information content (AvgIpc) is 2.36. The quantitative estimate of drug-likeness (QED) is 0.715. The fourth-order valence-electron chi connectivity index (χ4n) is 1.99. The van der Waals surface area contributed by atoms with Crippen molar-refractivity contribution >= 4 is 12.0 Å². The maximum atomic E-state index is 11.7. The molecule has 0 heterocycles. The molecule has 0 aliphatic carbocycles. The summed E-state index contributed by atoms with van der Waals surface area (Å²) in [5, 5.41) is 14.1. The van der Waals surface area contributed by atoms with E-state index in [9.17, 15) is 9.59 Å². The van der Waals surface area contributed by atoms with Gasteiger partial charge in [0.15, 0.2) is 0 Å². The molecule has 1 rings (SSSR count). The molecule has 0 saturated heterocycles. The summed E-state index contributed by atoms with van der Waals surface area (Å²) >= 11 is 0. The number of amides is 2. The zero-order chi connectivity index (χ0) is 15.9. The fraction of sp³-hybridized carbons (Fsp3) is 0.467. The van der Waals surface area contributed by atoms with Crippen molar-refractivity contribution < 1.29 is 19.4 Å². The largest absolute Gasteiger partial charge is 0.496 e. The summed E-state index contributed by atoms with van der Waals surface area (Å²) in [6.45, 7) is 3.78. The van der Waals surface area contributed by atoms with Crippen molar-refractivity contribution in [3.05, 3.63) is 29.8 Å². The van der Waals surface area contributed by atoms with Crippen molar-refractivity contribution in [2.45, 2.75) is 32.2 Å². The lowest BCUT2D eigenvalue weighted by molar-refractivity contribution is -0.138. The third kappa shape index (κ3) is 6.16. The van der Waals surface area contributed by atoms with Crippen LogP contribution in [0.4, 0.5) is 4.79 Å². The van der Waals surface area contributed by atoms with Gasteiger partial charge in [0.2, 0.25) is 0 Å². The van der Waals surface area contributed by atoms with Crippen LogP contribution in [0.1, 0.15) is 25.8 Å². The number of benzene rings is 1. The van der Waals surface area contributed by atoms with Crippen molar-refractivity contribution in [1.82, 2.24) is 10.6 Å². The second kappa shape index (κ2) is 7.52. The SMILES string of the molecule is COc1ccccc1CCNC(=O)NC(C)(C)CC(=O)O. The van der Waals surface area contributed by atoms with E-state index in [0.29, 0.717) is 13.0 Å². The summed E-state index contributed by atoms with van der Waals surface area (Å²) in [6, 6.07) is 7.22. The first-order valence-corrected chi connectivity index (χ1v) is 6.74. The maximum Gasteiger partial charge on any atom is 0.315 e. The van der Waals surface area contributed by atoms with Crippen LogP contribution in [0.15, 0.2) is 24.3 Å². The summed E-state index contributed by atoms with van der Waals surface area (Å²) in [5.74, 6) is -0.166. The molecule has 116 valence electrons. The number of hydrogen-bond acceptors (Lipinski definition) is 3. The molecule has 0 aromatic heterocycles. The first kappa shape index (κ1) is 16.8. The molecule has 1 aromatic rings. The zero-order valence-electron chi connectivity index (χ0n) is 12.6. The Morgan fingerprint density at radius 3 is 2.57 bits per heavy atom. The minimum atomic E-state index is -0.950. The van der Waals surface area contributed by atoms with E-state index in [0.717, 1.165) is 11.3 Å². The summed E-state index contributed by atoms with van der Waals surface area (Å²) < 4.78 is 5.23. The first-order valence-electron chi connectivity index (χ1n) is 6.74. The minimum absolute atomic E-state index is 0.132. The molecule has 0 aliphatic heterocycles. The predicted octanol–water partition coefficient (Wildman–Crippen LogP) is 1.79. The number of aliphatic carboxylic acids is 1. The molecule has 2 amide bonds. The number of hydrogen-bond donors (Lipinski definition) is 3. The summed E-state index contributed by atoms with van der Waals surface area (Å²) in [4.78, 5) is 22.4. The molecule has 6 nitrogen and oxygen atoms in total. The number of rotatable bonds is 7. The van der Waals surface area contributed by atoms with Crippen LogP contribution in [0.25, 0.3) is 0 Å². The monoisotopic (exact) mass is 294 g/mol. The highest BCUT2D eigenvalue weighted by molar-refractivity contribution is 5.76. The van der Waals surface area contributed by atoms with E-state index in [1.807, 2.05) is 24.3 Å². The Morgan fingerprint density at radius 2 is 1.95 bits per heavy atom. The number of methoxy groups -OCH3 is 1. The van der Waals surface area contributed by atoms with Gasteiger partial charge in [0.1, 0.15) is 5.75 Å². The van der Waals surface area contributed by atoms with E-state index in [2.05, 4.69) is 10.6 Å². The van der Waals surface area contributed by atoms with Crippen molar-refractivity contribution in [3.63, 3.8) is 0 Å². The van der Waals surface area contributed by atoms with Gasteiger partial charge in [0, 0.05) is 12.1 Å². The number of urea groups is 1. The van der Waals surface area contributed by atoms with Crippen molar-refractivity contribution in [2.75, 3.05) is 13.7 Å². The topological polar surface area (TPSA) is 87.7 Å². The summed E-state index contributed by atoms with van der Waals surface area (Å²) in [7, 11) is 1.60. The number of carboxylic acids is 1. The Bertz CT molecular complexity index is 500. The van der Waals surface area contributed by atoms with Gasteiger partial charge in [-0.25, -0.2) is 4.79 Å². The van der Waals surface area contributed by atoms with E-state index in [-0.39, 0.29) is 12.5 Å². The van der Waals surface area contributed by atoms with Gasteiger partial charge in [-0.05, 0) is 31.9 Å². The van der Waals surface area contributed by atoms with Crippen LogP contribution in [0.5, 0.6) is 5.75 Å². The molecule has 0 unspecified atom stereocenters. The maximum absolute atomic E-state index is 11.7. The van der Waals surface area contributed by atoms with Gasteiger partial charge in [0.25, 0.3) is 0 Å². The average molecular weight is 294 g/mol. The third-order valence-electron chi connectivity index (χ3n) is 2.92. The van der Waals surface area contributed by atoms with Crippen LogP contribution >= 0.6 is 0 Å². The molecule has 0 fully saturated rings. The van der Waals surface area contributed by atoms with E-state index >= 15 is 0 Å². The molecule has 3 N–H and O–H groups in total. The molecular weight excluding hydrogens is 272 g/mol. The second-order valence-electron chi connectivity index (χ2n) is 5.40. The Balaban J connectivity index is 2.42. The molecule has 6 heteroatoms. The van der Waals surface area contributed by atoms with E-state index in [1.165, 1.54) is 0 Å². The van der Waals surface area contributed by atoms with E-state index in [4.69, 9.17) is 9.84 Å². The van der Waals surface area contributed by atoms with Crippen molar-refractivity contribution in [3.8, 4) is 5.75 Å². The Morgan fingerprint density at radius 1 is 1.29 bits per heavy atom. The zero-order valence-corrected chi connectivity index (χ0v) is 12.6. The lowest BCUT2D eigenvalue weighted by Crippen LogP contribution is -2.49. The fourth-order valence-corrected chi connectivity index (χ4v) is 1.99. The van der Waals surface area contributed by atoms with Gasteiger partial charge in [-0.3, -0.25) is 4.79 Å². The Labute approximate surface area is 124 Å². The molecule has 21 heavy (non-hydrogen) atoms. The molecule has 0 aliphatic rings. The minimum Gasteiger partial charge on any atom is -0.496 e. The van der Waals surface area contributed by atoms with Crippen molar-refractivity contribution in [1.29, 1.82) is 0 Å². The van der Waals surface area contributed by atoms with Gasteiger partial charge in [-0.2, -0.15) is 0 Å². The van der Waals surface area contributed by atoms with Crippen LogP contribution in [-0.4, -0.2) is 36.3 Å². The molecule has 0 spiro atoms. The second-order valence-corrected chi connectivity index (χ2v) is 5.40. The van der Waals surface area contributed by atoms with Gasteiger partial charge in [-0.1, -0.05) is 18.2 Å². The summed E-state index contributed by atoms with van der Waals surface area (Å²) in [6.07, 6.45) is 0.504. The number of ether oxygens (including phenoxy) is 1. The molecule has 0 atom stereocenters. The molecular formula is C15H22N2O4. The lowest BCUT2D eigenvalue weighted by atomic mass is 10.0. The third-order valence-corrected chi connectivity index (χ3v) is 2.92. The number of nitrogens with one attached hydrogen (secondary N) is 2. The molecule has 0 radical (unpaired) electrons. The molecule has 1 aromatic carbocycles. The van der Waals surface area contributed by atoms with Crippen LogP contribution in [-0.2, 0) is 11.2 Å². The molecule has 0 bridgehead atoms. The van der Waals surface area contributed by atoms with Crippen LogP contribution in [0.2, 0.25) is 0 Å². The lowest BCUT2D eigenvalue weighted by Gasteiger charge is -2.24. The number of carbonyl (C=O) groups excluding carboxylic acids is 1. The highest BCUT2D eigenvalue weighted by Crippen LogP contribution is 2.17. The number of carbonyl (C=O) groups is 2. The van der Waals surface area contributed by atoms with Gasteiger partial charge in [-0.15, -0.1) is 0 Å². The Kier molecular flexibility index (Phi) is 6.02. The normalized spacial score (nSPS) is 10.8. The Hall–Kier alpha value is -2.24. The summed E-state index contributed by atoms with van der Waals surface area (Å²) in [5.41, 5.74) is 0.213. The van der Waals surface area contributed by atoms with Gasteiger partial charge < -0.3 is 20.5 Å². The van der Waals surface area contributed by atoms with Crippen LogP contribution < -0.4 is 15.4 Å². The highest BCUT2D eigenvalue weighted by Gasteiger charge is 2.23. The highest BCUT2D eigenvalue weighted by atomic mass is 16.5.